The molecule has 0 radical (unpaired) electrons. The molecule has 4 nitrogen and oxygen atoms in total. The van der Waals surface area contributed by atoms with Crippen LogP contribution in [0, 0.1) is 5.92 Å². The van der Waals surface area contributed by atoms with Crippen molar-refractivity contribution in [1.82, 2.24) is 9.78 Å². The van der Waals surface area contributed by atoms with E-state index in [-0.39, 0.29) is 5.92 Å². The van der Waals surface area contributed by atoms with Crippen LogP contribution in [0.4, 0.5) is 0 Å². The number of aliphatic hydroxyl groups excluding tert-OH is 2. The van der Waals surface area contributed by atoms with Gasteiger partial charge in [0.1, 0.15) is 6.10 Å². The lowest BCUT2D eigenvalue weighted by Gasteiger charge is -2.24. The quantitative estimate of drug-likeness (QED) is 0.772. The van der Waals surface area contributed by atoms with E-state index >= 15 is 0 Å². The van der Waals surface area contributed by atoms with Crippen LogP contribution >= 0.6 is 0 Å². The van der Waals surface area contributed by atoms with Crippen LogP contribution in [-0.2, 0) is 7.05 Å². The molecule has 4 heteroatoms. The molecule has 0 aromatic carbocycles. The first kappa shape index (κ1) is 12.2. The van der Waals surface area contributed by atoms with Crippen LogP contribution in [0.2, 0.25) is 0 Å². The van der Waals surface area contributed by atoms with E-state index in [0.717, 1.165) is 12.8 Å². The normalized spacial score (nSPS) is 15.6. The third kappa shape index (κ3) is 2.58. The summed E-state index contributed by atoms with van der Waals surface area (Å²) in [5, 5.41) is 23.9. The molecule has 0 aliphatic heterocycles. The summed E-state index contributed by atoms with van der Waals surface area (Å²) in [7, 11) is 1.76. The molecule has 1 heterocycles. The van der Waals surface area contributed by atoms with Crippen molar-refractivity contribution in [2.45, 2.75) is 38.9 Å². The van der Waals surface area contributed by atoms with E-state index in [9.17, 15) is 10.2 Å². The molecule has 2 N–H and O–H groups in total. The van der Waals surface area contributed by atoms with Crippen molar-refractivity contribution < 1.29 is 10.2 Å². The van der Waals surface area contributed by atoms with Gasteiger partial charge in [-0.15, -0.1) is 0 Å². The SMILES string of the molecule is CCC(CC)C(O)C(O)c1ccnn1C. The standard InChI is InChI=1S/C11H20N2O2/c1-4-8(5-2)10(14)11(15)9-6-7-12-13(9)3/h6-8,10-11,14-15H,4-5H2,1-3H3. The summed E-state index contributed by atoms with van der Waals surface area (Å²) in [6.07, 6.45) is 1.80. The molecule has 0 amide bonds. The number of rotatable bonds is 5. The van der Waals surface area contributed by atoms with Crippen molar-refractivity contribution in [2.24, 2.45) is 13.0 Å². The zero-order valence-electron chi connectivity index (χ0n) is 9.59. The van der Waals surface area contributed by atoms with E-state index in [1.807, 2.05) is 13.8 Å². The number of nitrogens with zero attached hydrogens (tertiary/aromatic N) is 2. The Kier molecular flexibility index (Phi) is 4.29. The van der Waals surface area contributed by atoms with Crippen LogP contribution in [-0.4, -0.2) is 26.1 Å². The number of hydrogen-bond acceptors (Lipinski definition) is 3. The molecular weight excluding hydrogens is 192 g/mol. The Balaban J connectivity index is 2.76. The first-order valence-electron chi connectivity index (χ1n) is 5.45. The van der Waals surface area contributed by atoms with Gasteiger partial charge in [0.2, 0.25) is 0 Å². The van der Waals surface area contributed by atoms with E-state index in [4.69, 9.17) is 0 Å². The Bertz CT molecular complexity index is 295. The molecule has 0 saturated carbocycles. The Hall–Kier alpha value is -0.870. The second-order valence-corrected chi connectivity index (χ2v) is 3.89. The van der Waals surface area contributed by atoms with Gasteiger partial charge in [-0.2, -0.15) is 5.10 Å². The van der Waals surface area contributed by atoms with Crippen LogP contribution in [0.1, 0.15) is 38.5 Å². The Morgan fingerprint density at radius 1 is 1.33 bits per heavy atom. The van der Waals surface area contributed by atoms with Gasteiger partial charge in [0, 0.05) is 13.2 Å². The first-order chi connectivity index (χ1) is 7.11. The summed E-state index contributed by atoms with van der Waals surface area (Å²) >= 11 is 0. The Morgan fingerprint density at radius 3 is 2.33 bits per heavy atom. The van der Waals surface area contributed by atoms with Gasteiger partial charge in [-0.25, -0.2) is 0 Å². The fraction of sp³-hybridized carbons (Fsp3) is 0.727. The lowest BCUT2D eigenvalue weighted by Crippen LogP contribution is -2.28. The molecule has 2 unspecified atom stereocenters. The molecule has 0 saturated heterocycles. The molecule has 2 atom stereocenters. The van der Waals surface area contributed by atoms with E-state index in [1.54, 1.807) is 24.0 Å². The molecule has 1 aromatic heterocycles. The minimum absolute atomic E-state index is 0.134. The molecule has 0 aliphatic rings. The summed E-state index contributed by atoms with van der Waals surface area (Å²) in [5.74, 6) is 0.134. The third-order valence-electron chi connectivity index (χ3n) is 3.02. The second kappa shape index (κ2) is 5.28. The number of hydrogen-bond donors (Lipinski definition) is 2. The summed E-state index contributed by atoms with van der Waals surface area (Å²) in [6, 6.07) is 1.73. The van der Waals surface area contributed by atoms with Gasteiger partial charge in [0.05, 0.1) is 11.8 Å². The molecule has 0 bridgehead atoms. The Morgan fingerprint density at radius 2 is 1.93 bits per heavy atom. The fourth-order valence-corrected chi connectivity index (χ4v) is 1.88. The van der Waals surface area contributed by atoms with Crippen molar-refractivity contribution in [3.8, 4) is 0 Å². The summed E-state index contributed by atoms with van der Waals surface area (Å²) in [5.41, 5.74) is 0.661. The molecule has 0 aliphatic carbocycles. The maximum atomic E-state index is 9.98. The van der Waals surface area contributed by atoms with Crippen LogP contribution in [0.5, 0.6) is 0 Å². The van der Waals surface area contributed by atoms with Gasteiger partial charge < -0.3 is 10.2 Å². The lowest BCUT2D eigenvalue weighted by atomic mass is 9.91. The van der Waals surface area contributed by atoms with Crippen LogP contribution in [0.25, 0.3) is 0 Å². The van der Waals surface area contributed by atoms with Gasteiger partial charge in [-0.1, -0.05) is 26.7 Å². The predicted octanol–water partition coefficient (Wildman–Crippen LogP) is 1.25. The highest BCUT2D eigenvalue weighted by Gasteiger charge is 2.26. The van der Waals surface area contributed by atoms with Crippen molar-refractivity contribution in [1.29, 1.82) is 0 Å². The molecular formula is C11H20N2O2. The van der Waals surface area contributed by atoms with Crippen molar-refractivity contribution in [3.63, 3.8) is 0 Å². The minimum Gasteiger partial charge on any atom is -0.390 e. The maximum Gasteiger partial charge on any atom is 0.122 e. The third-order valence-corrected chi connectivity index (χ3v) is 3.02. The van der Waals surface area contributed by atoms with E-state index in [1.165, 1.54) is 0 Å². The van der Waals surface area contributed by atoms with E-state index < -0.39 is 12.2 Å². The molecule has 0 spiro atoms. The molecule has 86 valence electrons. The van der Waals surface area contributed by atoms with Gasteiger partial charge in [-0.05, 0) is 12.0 Å². The average Bonchev–Trinajstić information content (AvgIpc) is 2.65. The maximum absolute atomic E-state index is 9.98. The molecule has 15 heavy (non-hydrogen) atoms. The Labute approximate surface area is 90.5 Å². The van der Waals surface area contributed by atoms with Gasteiger partial charge in [0.15, 0.2) is 0 Å². The number of aliphatic hydroxyl groups is 2. The van der Waals surface area contributed by atoms with Gasteiger partial charge in [0.25, 0.3) is 0 Å². The minimum atomic E-state index is -0.845. The smallest absolute Gasteiger partial charge is 0.122 e. The van der Waals surface area contributed by atoms with Crippen molar-refractivity contribution >= 4 is 0 Å². The summed E-state index contributed by atoms with van der Waals surface area (Å²) < 4.78 is 1.59. The average molecular weight is 212 g/mol. The number of aryl methyl sites for hydroxylation is 1. The molecule has 1 aromatic rings. The highest BCUT2D eigenvalue weighted by molar-refractivity contribution is 5.06. The zero-order valence-corrected chi connectivity index (χ0v) is 9.59. The summed E-state index contributed by atoms with van der Waals surface area (Å²) in [4.78, 5) is 0. The summed E-state index contributed by atoms with van der Waals surface area (Å²) in [6.45, 7) is 4.04. The zero-order chi connectivity index (χ0) is 11.4. The monoisotopic (exact) mass is 212 g/mol. The van der Waals surface area contributed by atoms with Gasteiger partial charge in [-0.3, -0.25) is 4.68 Å². The topological polar surface area (TPSA) is 58.3 Å². The van der Waals surface area contributed by atoms with E-state index in [0.29, 0.717) is 5.69 Å². The van der Waals surface area contributed by atoms with Gasteiger partial charge >= 0.3 is 0 Å². The molecule has 1 rings (SSSR count). The predicted molar refractivity (Wildman–Crippen MR) is 58.2 cm³/mol. The lowest BCUT2D eigenvalue weighted by molar-refractivity contribution is -0.0248. The van der Waals surface area contributed by atoms with Crippen LogP contribution < -0.4 is 0 Å². The highest BCUT2D eigenvalue weighted by atomic mass is 16.3. The highest BCUT2D eigenvalue weighted by Crippen LogP contribution is 2.25. The largest absolute Gasteiger partial charge is 0.390 e. The second-order valence-electron chi connectivity index (χ2n) is 3.89. The van der Waals surface area contributed by atoms with Crippen molar-refractivity contribution in [2.75, 3.05) is 0 Å². The fourth-order valence-electron chi connectivity index (χ4n) is 1.88. The molecule has 0 fully saturated rings. The van der Waals surface area contributed by atoms with E-state index in [2.05, 4.69) is 5.10 Å². The van der Waals surface area contributed by atoms with Crippen LogP contribution in [0.3, 0.4) is 0 Å². The van der Waals surface area contributed by atoms with Crippen LogP contribution in [0.15, 0.2) is 12.3 Å². The number of aromatic nitrogens is 2. The van der Waals surface area contributed by atoms with Crippen molar-refractivity contribution in [3.05, 3.63) is 18.0 Å². The first-order valence-corrected chi connectivity index (χ1v) is 5.45.